The summed E-state index contributed by atoms with van der Waals surface area (Å²) in [4.78, 5) is 22.8. The van der Waals surface area contributed by atoms with Crippen molar-refractivity contribution in [3.8, 4) is 5.75 Å². The zero-order chi connectivity index (χ0) is 17.0. The molecule has 0 saturated carbocycles. The van der Waals surface area contributed by atoms with Gasteiger partial charge in [0.25, 0.3) is 5.56 Å². The second kappa shape index (κ2) is 7.29. The number of hydrogen-bond donors (Lipinski definition) is 3. The van der Waals surface area contributed by atoms with E-state index in [1.54, 1.807) is 12.1 Å². The largest absolute Gasteiger partial charge is 0.507 e. The minimum Gasteiger partial charge on any atom is -0.507 e. The molecule has 10 heteroatoms. The molecule has 0 aliphatic heterocycles. The van der Waals surface area contributed by atoms with E-state index in [-0.39, 0.29) is 29.1 Å². The van der Waals surface area contributed by atoms with Gasteiger partial charge in [0.05, 0.1) is 17.1 Å². The van der Waals surface area contributed by atoms with Gasteiger partial charge in [-0.2, -0.15) is 14.9 Å². The van der Waals surface area contributed by atoms with Crippen LogP contribution < -0.4 is 5.56 Å². The summed E-state index contributed by atoms with van der Waals surface area (Å²) in [5.74, 6) is -0.950. The second-order valence-corrected chi connectivity index (χ2v) is 5.68. The lowest BCUT2D eigenvalue weighted by atomic mass is 10.2. The van der Waals surface area contributed by atoms with Crippen molar-refractivity contribution in [1.82, 2.24) is 14.9 Å². The molecule has 0 amide bonds. The second-order valence-electron chi connectivity index (χ2n) is 4.44. The van der Waals surface area contributed by atoms with E-state index >= 15 is 0 Å². The van der Waals surface area contributed by atoms with Gasteiger partial charge in [0.15, 0.2) is 0 Å². The van der Waals surface area contributed by atoms with Crippen molar-refractivity contribution in [2.45, 2.75) is 12.8 Å². The van der Waals surface area contributed by atoms with Gasteiger partial charge < -0.3 is 10.2 Å². The van der Waals surface area contributed by atoms with E-state index in [0.29, 0.717) is 10.0 Å². The summed E-state index contributed by atoms with van der Waals surface area (Å²) in [6, 6.07) is 4.69. The Balaban J connectivity index is 2.35. The molecule has 0 fully saturated rings. The highest BCUT2D eigenvalue weighted by molar-refractivity contribution is 9.10. The van der Waals surface area contributed by atoms with Crippen LogP contribution >= 0.6 is 28.1 Å². The highest BCUT2D eigenvalue weighted by atomic mass is 79.9. The molecule has 0 atom stereocenters. The lowest BCUT2D eigenvalue weighted by Crippen LogP contribution is -2.25. The molecule has 2 aromatic rings. The molecule has 0 aliphatic rings. The predicted octanol–water partition coefficient (Wildman–Crippen LogP) is 1.67. The van der Waals surface area contributed by atoms with E-state index in [1.165, 1.54) is 12.3 Å². The number of aliphatic carboxylic acids is 1. The van der Waals surface area contributed by atoms with Crippen LogP contribution in [0.5, 0.6) is 5.75 Å². The number of phenolic OH excluding ortho intramolecular Hbond substituents is 1. The third-order valence-corrected chi connectivity index (χ3v) is 3.69. The molecule has 23 heavy (non-hydrogen) atoms. The SMILES string of the molecule is O=C(O)CCc1n[nH]c(=S)n(/N=C\c2ccc(O)c(Br)c2)c1=O. The fraction of sp³-hybridized carbons (Fsp3) is 0.154. The molecule has 120 valence electrons. The van der Waals surface area contributed by atoms with Crippen LogP contribution in [-0.4, -0.2) is 37.3 Å². The highest BCUT2D eigenvalue weighted by Crippen LogP contribution is 2.23. The van der Waals surface area contributed by atoms with Crippen LogP contribution in [0.25, 0.3) is 0 Å². The number of hydrogen-bond acceptors (Lipinski definition) is 6. The number of aromatic amines is 1. The van der Waals surface area contributed by atoms with Crippen LogP contribution in [0.15, 0.2) is 32.6 Å². The maximum absolute atomic E-state index is 12.2. The first-order valence-corrected chi connectivity index (χ1v) is 7.54. The normalized spacial score (nSPS) is 11.0. The van der Waals surface area contributed by atoms with Gasteiger partial charge in [-0.3, -0.25) is 14.7 Å². The van der Waals surface area contributed by atoms with E-state index in [2.05, 4.69) is 31.2 Å². The van der Waals surface area contributed by atoms with Gasteiger partial charge >= 0.3 is 5.97 Å². The molecule has 8 nitrogen and oxygen atoms in total. The molecular formula is C13H11BrN4O4S. The van der Waals surface area contributed by atoms with Crippen molar-refractivity contribution in [3.63, 3.8) is 0 Å². The van der Waals surface area contributed by atoms with E-state index in [9.17, 15) is 14.7 Å². The molecule has 1 aromatic carbocycles. The van der Waals surface area contributed by atoms with Gasteiger partial charge in [0.2, 0.25) is 4.77 Å². The summed E-state index contributed by atoms with van der Waals surface area (Å²) in [7, 11) is 0. The number of aromatic hydroxyl groups is 1. The standard InChI is InChI=1S/C13H11BrN4O4S/c14-8-5-7(1-3-10(8)19)6-15-18-12(22)9(2-4-11(20)21)16-17-13(18)23/h1,3,5-6,19H,2,4H2,(H,17,23)(H,20,21)/b15-6-. The zero-order valence-electron chi connectivity index (χ0n) is 11.6. The number of carbonyl (C=O) groups is 1. The first-order valence-electron chi connectivity index (χ1n) is 6.34. The summed E-state index contributed by atoms with van der Waals surface area (Å²) in [6.07, 6.45) is 1.14. The Morgan fingerprint density at radius 1 is 1.52 bits per heavy atom. The van der Waals surface area contributed by atoms with Crippen molar-refractivity contribution in [2.75, 3.05) is 0 Å². The zero-order valence-corrected chi connectivity index (χ0v) is 14.0. The number of nitrogens with zero attached hydrogens (tertiary/aromatic N) is 3. The Hall–Kier alpha value is -2.33. The van der Waals surface area contributed by atoms with Crippen molar-refractivity contribution in [3.05, 3.63) is 49.1 Å². The minimum atomic E-state index is -1.03. The van der Waals surface area contributed by atoms with E-state index < -0.39 is 11.5 Å². The Bertz CT molecular complexity index is 890. The van der Waals surface area contributed by atoms with Gasteiger partial charge in [-0.05, 0) is 51.9 Å². The number of benzene rings is 1. The quantitative estimate of drug-likeness (QED) is 0.520. The van der Waals surface area contributed by atoms with E-state index in [4.69, 9.17) is 17.3 Å². The van der Waals surface area contributed by atoms with Crippen LogP contribution in [0.1, 0.15) is 17.7 Å². The number of rotatable bonds is 5. The van der Waals surface area contributed by atoms with Gasteiger partial charge in [-0.25, -0.2) is 0 Å². The molecule has 1 heterocycles. The van der Waals surface area contributed by atoms with Crippen LogP contribution in [0.4, 0.5) is 0 Å². The first kappa shape index (κ1) is 17.0. The summed E-state index contributed by atoms with van der Waals surface area (Å²) in [5, 5.41) is 28.3. The number of aromatic nitrogens is 3. The Labute approximate surface area is 143 Å². The highest BCUT2D eigenvalue weighted by Gasteiger charge is 2.09. The van der Waals surface area contributed by atoms with Crippen molar-refractivity contribution >= 4 is 40.3 Å². The molecule has 0 saturated heterocycles. The fourth-order valence-corrected chi connectivity index (χ4v) is 2.22. The fourth-order valence-electron chi connectivity index (χ4n) is 1.65. The number of halogens is 1. The Morgan fingerprint density at radius 2 is 2.26 bits per heavy atom. The van der Waals surface area contributed by atoms with Gasteiger partial charge in [0, 0.05) is 6.42 Å². The molecule has 0 bridgehead atoms. The number of phenols is 1. The van der Waals surface area contributed by atoms with E-state index in [0.717, 1.165) is 4.68 Å². The van der Waals surface area contributed by atoms with Gasteiger partial charge in [-0.15, -0.1) is 0 Å². The average Bonchev–Trinajstić information content (AvgIpc) is 2.49. The van der Waals surface area contributed by atoms with E-state index in [1.807, 2.05) is 0 Å². The molecule has 0 unspecified atom stereocenters. The molecule has 0 aliphatic carbocycles. The van der Waals surface area contributed by atoms with Crippen molar-refractivity contribution in [2.24, 2.45) is 5.10 Å². The summed E-state index contributed by atoms with van der Waals surface area (Å²) < 4.78 is 1.40. The maximum Gasteiger partial charge on any atom is 0.303 e. The summed E-state index contributed by atoms with van der Waals surface area (Å²) >= 11 is 8.14. The number of H-pyrrole nitrogens is 1. The maximum atomic E-state index is 12.2. The summed E-state index contributed by atoms with van der Waals surface area (Å²) in [5.41, 5.74) is 0.0778. The monoisotopic (exact) mass is 398 g/mol. The number of aryl methyl sites for hydroxylation is 1. The van der Waals surface area contributed by atoms with Crippen LogP contribution in [0.3, 0.4) is 0 Å². The molecule has 1 aromatic heterocycles. The number of carboxylic acid groups (broad SMARTS) is 1. The number of carboxylic acids is 1. The molecule has 2 rings (SSSR count). The van der Waals surface area contributed by atoms with Gasteiger partial charge in [0.1, 0.15) is 11.4 Å². The lowest BCUT2D eigenvalue weighted by Gasteiger charge is -2.02. The Kier molecular flexibility index (Phi) is 5.40. The van der Waals surface area contributed by atoms with Crippen LogP contribution in [-0.2, 0) is 11.2 Å². The smallest absolute Gasteiger partial charge is 0.303 e. The minimum absolute atomic E-state index is 0.0110. The average molecular weight is 399 g/mol. The predicted molar refractivity (Wildman–Crippen MR) is 88.4 cm³/mol. The summed E-state index contributed by atoms with van der Waals surface area (Å²) in [6.45, 7) is 0. The third kappa shape index (κ3) is 4.33. The lowest BCUT2D eigenvalue weighted by molar-refractivity contribution is -0.136. The van der Waals surface area contributed by atoms with Gasteiger partial charge in [-0.1, -0.05) is 0 Å². The van der Waals surface area contributed by atoms with Crippen LogP contribution in [0, 0.1) is 4.77 Å². The third-order valence-electron chi connectivity index (χ3n) is 2.79. The molecular weight excluding hydrogens is 388 g/mol. The van der Waals surface area contributed by atoms with Crippen molar-refractivity contribution in [1.29, 1.82) is 0 Å². The van der Waals surface area contributed by atoms with Crippen LogP contribution in [0.2, 0.25) is 0 Å². The van der Waals surface area contributed by atoms with Crippen molar-refractivity contribution < 1.29 is 15.0 Å². The molecule has 0 spiro atoms. The molecule has 0 radical (unpaired) electrons. The topological polar surface area (TPSA) is 121 Å². The number of nitrogens with one attached hydrogen (secondary N) is 1. The first-order chi connectivity index (χ1) is 10.9. The Morgan fingerprint density at radius 3 is 2.91 bits per heavy atom. The molecule has 3 N–H and O–H groups in total.